The van der Waals surface area contributed by atoms with Gasteiger partial charge in [0.15, 0.2) is 5.79 Å². The summed E-state index contributed by atoms with van der Waals surface area (Å²) in [5.74, 6) is -0.520. The molecular weight excluding hydrogens is 372 g/mol. The largest absolute Gasteiger partial charge is 0.347 e. The van der Waals surface area contributed by atoms with Crippen LogP contribution in [-0.4, -0.2) is 57.2 Å². The number of hydrogen-bond acceptors (Lipinski definition) is 5. The standard InChI is InChI=1S/C21H24N4O4/c1-14(19(26)24-9-7-21(8-10-24)28-11-12-29-21)25-17-6-4-3-5-15(17)16-13-22-23(2)20(27)18(16)25/h3-6,13-14H,7-12H2,1-2H3/t14-/m0/s1. The van der Waals surface area contributed by atoms with Crippen molar-refractivity contribution in [2.24, 2.45) is 7.05 Å². The summed E-state index contributed by atoms with van der Waals surface area (Å²) in [6.45, 7) is 4.26. The lowest BCUT2D eigenvalue weighted by molar-refractivity contribution is -0.188. The number of hydrogen-bond donors (Lipinski definition) is 0. The van der Waals surface area contributed by atoms with Gasteiger partial charge in [-0.15, -0.1) is 0 Å². The van der Waals surface area contributed by atoms with Gasteiger partial charge in [0, 0.05) is 43.8 Å². The molecule has 0 unspecified atom stereocenters. The van der Waals surface area contributed by atoms with Crippen LogP contribution in [0, 0.1) is 0 Å². The highest BCUT2D eigenvalue weighted by molar-refractivity contribution is 6.08. The molecular formula is C21H24N4O4. The van der Waals surface area contributed by atoms with E-state index in [-0.39, 0.29) is 11.5 Å². The van der Waals surface area contributed by atoms with Gasteiger partial charge in [-0.1, -0.05) is 18.2 Å². The number of benzene rings is 1. The van der Waals surface area contributed by atoms with Gasteiger partial charge in [0.1, 0.15) is 11.6 Å². The molecule has 2 aliphatic rings. The highest BCUT2D eigenvalue weighted by Crippen LogP contribution is 2.34. The van der Waals surface area contributed by atoms with Crippen LogP contribution in [0.2, 0.25) is 0 Å². The number of amides is 1. The van der Waals surface area contributed by atoms with E-state index < -0.39 is 11.8 Å². The highest BCUT2D eigenvalue weighted by Gasteiger charge is 2.41. The Balaban J connectivity index is 1.54. The van der Waals surface area contributed by atoms with E-state index in [4.69, 9.17) is 9.47 Å². The van der Waals surface area contributed by atoms with Gasteiger partial charge in [-0.3, -0.25) is 9.59 Å². The predicted octanol–water partition coefficient (Wildman–Crippen LogP) is 1.81. The summed E-state index contributed by atoms with van der Waals surface area (Å²) in [5.41, 5.74) is 1.17. The first-order valence-corrected chi connectivity index (χ1v) is 10.0. The normalized spacial score (nSPS) is 20.0. The Morgan fingerprint density at radius 3 is 2.55 bits per heavy atom. The quantitative estimate of drug-likeness (QED) is 0.660. The highest BCUT2D eigenvalue weighted by atomic mass is 16.7. The van der Waals surface area contributed by atoms with Crippen LogP contribution in [0.4, 0.5) is 0 Å². The SMILES string of the molecule is C[C@@H](C(=O)N1CCC2(CC1)OCCO2)n1c2ccccc2c2cnn(C)c(=O)c21. The Morgan fingerprint density at radius 2 is 1.83 bits per heavy atom. The first-order chi connectivity index (χ1) is 14.0. The average molecular weight is 396 g/mol. The number of para-hydroxylation sites is 1. The second-order valence-corrected chi connectivity index (χ2v) is 7.83. The number of aromatic nitrogens is 3. The third-order valence-electron chi connectivity index (χ3n) is 6.20. The molecule has 29 heavy (non-hydrogen) atoms. The number of nitrogens with zero attached hydrogens (tertiary/aromatic N) is 4. The fourth-order valence-corrected chi connectivity index (χ4v) is 4.62. The number of likely N-dealkylation sites (tertiary alicyclic amines) is 1. The Labute approximate surface area is 167 Å². The molecule has 0 aliphatic carbocycles. The van der Waals surface area contributed by atoms with E-state index in [2.05, 4.69) is 5.10 Å². The van der Waals surface area contributed by atoms with Gasteiger partial charge in [0.25, 0.3) is 5.56 Å². The van der Waals surface area contributed by atoms with E-state index in [1.54, 1.807) is 13.2 Å². The lowest BCUT2D eigenvalue weighted by Gasteiger charge is -2.38. The van der Waals surface area contributed by atoms with E-state index in [1.807, 2.05) is 40.7 Å². The third kappa shape index (κ3) is 2.78. The number of ether oxygens (including phenoxy) is 2. The van der Waals surface area contributed by atoms with Crippen LogP contribution in [-0.2, 0) is 21.3 Å². The van der Waals surface area contributed by atoms with Crippen molar-refractivity contribution in [2.45, 2.75) is 31.6 Å². The predicted molar refractivity (Wildman–Crippen MR) is 108 cm³/mol. The summed E-state index contributed by atoms with van der Waals surface area (Å²) in [7, 11) is 1.63. The van der Waals surface area contributed by atoms with Crippen molar-refractivity contribution in [3.8, 4) is 0 Å². The van der Waals surface area contributed by atoms with Crippen LogP contribution in [0.25, 0.3) is 21.8 Å². The molecule has 4 heterocycles. The third-order valence-corrected chi connectivity index (χ3v) is 6.20. The van der Waals surface area contributed by atoms with Crippen LogP contribution in [0.15, 0.2) is 35.3 Å². The molecule has 2 fully saturated rings. The van der Waals surface area contributed by atoms with Crippen molar-refractivity contribution in [3.63, 3.8) is 0 Å². The van der Waals surface area contributed by atoms with E-state index in [0.717, 1.165) is 16.3 Å². The molecule has 2 saturated heterocycles. The molecule has 8 heteroatoms. The van der Waals surface area contributed by atoms with E-state index in [0.29, 0.717) is 44.7 Å². The van der Waals surface area contributed by atoms with Crippen LogP contribution in [0.1, 0.15) is 25.8 Å². The Kier molecular flexibility index (Phi) is 4.22. The van der Waals surface area contributed by atoms with Crippen LogP contribution < -0.4 is 5.56 Å². The summed E-state index contributed by atoms with van der Waals surface area (Å²) < 4.78 is 14.7. The van der Waals surface area contributed by atoms with Gasteiger partial charge >= 0.3 is 0 Å². The maximum absolute atomic E-state index is 13.4. The van der Waals surface area contributed by atoms with Gasteiger partial charge in [-0.2, -0.15) is 5.10 Å². The molecule has 0 N–H and O–H groups in total. The van der Waals surface area contributed by atoms with Crippen molar-refractivity contribution in [1.82, 2.24) is 19.2 Å². The minimum atomic E-state index is -0.519. The molecule has 1 spiro atoms. The molecule has 1 atom stereocenters. The molecule has 1 aromatic carbocycles. The lowest BCUT2D eigenvalue weighted by Crippen LogP contribution is -2.48. The number of carbonyl (C=O) groups excluding carboxylic acids is 1. The van der Waals surface area contributed by atoms with Gasteiger partial charge in [0.2, 0.25) is 5.91 Å². The van der Waals surface area contributed by atoms with Crippen LogP contribution in [0.3, 0.4) is 0 Å². The van der Waals surface area contributed by atoms with Crippen molar-refractivity contribution >= 4 is 27.7 Å². The Morgan fingerprint density at radius 1 is 1.14 bits per heavy atom. The molecule has 0 saturated carbocycles. The van der Waals surface area contributed by atoms with E-state index >= 15 is 0 Å². The maximum atomic E-state index is 13.4. The number of fused-ring (bicyclic) bond motifs is 3. The molecule has 2 aliphatic heterocycles. The van der Waals surface area contributed by atoms with Crippen molar-refractivity contribution < 1.29 is 14.3 Å². The molecule has 152 valence electrons. The fourth-order valence-electron chi connectivity index (χ4n) is 4.62. The Hall–Kier alpha value is -2.71. The smallest absolute Gasteiger partial charge is 0.291 e. The average Bonchev–Trinajstić information content (AvgIpc) is 3.33. The van der Waals surface area contributed by atoms with Gasteiger partial charge in [-0.05, 0) is 13.0 Å². The number of carbonyl (C=O) groups is 1. The number of aryl methyl sites for hydroxylation is 1. The molecule has 0 bridgehead atoms. The monoisotopic (exact) mass is 396 g/mol. The first kappa shape index (κ1) is 18.3. The second kappa shape index (κ2) is 6.67. The molecule has 1 amide bonds. The number of rotatable bonds is 2. The summed E-state index contributed by atoms with van der Waals surface area (Å²) in [6.07, 6.45) is 3.04. The zero-order chi connectivity index (χ0) is 20.2. The lowest BCUT2D eigenvalue weighted by atomic mass is 10.0. The van der Waals surface area contributed by atoms with E-state index in [1.165, 1.54) is 4.68 Å². The van der Waals surface area contributed by atoms with Gasteiger partial charge in [-0.25, -0.2) is 4.68 Å². The van der Waals surface area contributed by atoms with Crippen LogP contribution in [0.5, 0.6) is 0 Å². The minimum absolute atomic E-state index is 0.000588. The molecule has 3 aromatic rings. The summed E-state index contributed by atoms with van der Waals surface area (Å²) in [6, 6.07) is 7.26. The zero-order valence-corrected chi connectivity index (χ0v) is 16.6. The van der Waals surface area contributed by atoms with Crippen molar-refractivity contribution in [2.75, 3.05) is 26.3 Å². The Bertz CT molecular complexity index is 1150. The second-order valence-electron chi connectivity index (χ2n) is 7.83. The molecule has 0 radical (unpaired) electrons. The summed E-state index contributed by atoms with van der Waals surface area (Å²) >= 11 is 0. The summed E-state index contributed by atoms with van der Waals surface area (Å²) in [5, 5.41) is 5.87. The van der Waals surface area contributed by atoms with Crippen molar-refractivity contribution in [1.29, 1.82) is 0 Å². The molecule has 2 aromatic heterocycles. The van der Waals surface area contributed by atoms with E-state index in [9.17, 15) is 9.59 Å². The van der Waals surface area contributed by atoms with Gasteiger partial charge in [0.05, 0.1) is 24.9 Å². The topological polar surface area (TPSA) is 78.6 Å². The van der Waals surface area contributed by atoms with Crippen LogP contribution >= 0.6 is 0 Å². The minimum Gasteiger partial charge on any atom is -0.347 e. The molecule has 8 nitrogen and oxygen atoms in total. The zero-order valence-electron chi connectivity index (χ0n) is 16.6. The van der Waals surface area contributed by atoms with Crippen molar-refractivity contribution in [3.05, 3.63) is 40.8 Å². The summed E-state index contributed by atoms with van der Waals surface area (Å²) in [4.78, 5) is 28.2. The maximum Gasteiger partial charge on any atom is 0.291 e. The van der Waals surface area contributed by atoms with Gasteiger partial charge < -0.3 is 18.9 Å². The fraction of sp³-hybridized carbons (Fsp3) is 0.476. The molecule has 5 rings (SSSR count). The first-order valence-electron chi connectivity index (χ1n) is 10.0. The number of piperidine rings is 1.